The quantitative estimate of drug-likeness (QED) is 0.741. The molecule has 2 amide bonds. The highest BCUT2D eigenvalue weighted by Gasteiger charge is 2.21. The highest BCUT2D eigenvalue weighted by Crippen LogP contribution is 2.16. The Kier molecular flexibility index (Phi) is 5.02. The summed E-state index contributed by atoms with van der Waals surface area (Å²) in [5, 5.41) is 5.69. The van der Waals surface area contributed by atoms with Gasteiger partial charge in [-0.2, -0.15) is 0 Å². The molecular formula is C20H22N4O2. The molecule has 6 nitrogen and oxygen atoms in total. The second kappa shape index (κ2) is 7.39. The van der Waals surface area contributed by atoms with E-state index in [1.165, 1.54) is 0 Å². The minimum Gasteiger partial charge on any atom is -0.350 e. The number of hydrogen-bond donors (Lipinski definition) is 2. The summed E-state index contributed by atoms with van der Waals surface area (Å²) in [4.78, 5) is 29.5. The number of pyridine rings is 1. The summed E-state index contributed by atoms with van der Waals surface area (Å²) in [5.74, 6) is -0.134. The fraction of sp³-hybridized carbons (Fsp3) is 0.250. The predicted molar refractivity (Wildman–Crippen MR) is 101 cm³/mol. The third-order valence-corrected chi connectivity index (χ3v) is 3.91. The number of amides is 2. The maximum Gasteiger partial charge on any atom is 0.292 e. The first-order valence-corrected chi connectivity index (χ1v) is 8.59. The summed E-state index contributed by atoms with van der Waals surface area (Å²) in [5.41, 5.74) is 2.59. The van der Waals surface area contributed by atoms with Gasteiger partial charge in [0.1, 0.15) is 0 Å². The van der Waals surface area contributed by atoms with Gasteiger partial charge in [-0.1, -0.05) is 32.0 Å². The van der Waals surface area contributed by atoms with Crippen LogP contribution in [0.4, 0.5) is 5.69 Å². The summed E-state index contributed by atoms with van der Waals surface area (Å²) in [7, 11) is 0. The maximum absolute atomic E-state index is 12.7. The molecule has 0 aliphatic heterocycles. The first kappa shape index (κ1) is 17.7. The number of nitrogens with zero attached hydrogens (tertiary/aromatic N) is 2. The summed E-state index contributed by atoms with van der Waals surface area (Å²) in [6.45, 7) is 6.55. The zero-order valence-corrected chi connectivity index (χ0v) is 15.1. The molecule has 1 aromatic carbocycles. The van der Waals surface area contributed by atoms with Gasteiger partial charge in [-0.3, -0.25) is 14.0 Å². The largest absolute Gasteiger partial charge is 0.350 e. The van der Waals surface area contributed by atoms with Crippen molar-refractivity contribution in [2.45, 2.75) is 20.8 Å². The Morgan fingerprint density at radius 2 is 1.92 bits per heavy atom. The van der Waals surface area contributed by atoms with E-state index < -0.39 is 0 Å². The molecule has 0 spiro atoms. The maximum atomic E-state index is 12.7. The number of imidazole rings is 1. The van der Waals surface area contributed by atoms with Crippen LogP contribution >= 0.6 is 0 Å². The van der Waals surface area contributed by atoms with Crippen LogP contribution in [0, 0.1) is 12.8 Å². The van der Waals surface area contributed by atoms with Gasteiger partial charge >= 0.3 is 0 Å². The summed E-state index contributed by atoms with van der Waals surface area (Å²) in [6, 6.07) is 12.9. The van der Waals surface area contributed by atoms with E-state index in [0.29, 0.717) is 23.7 Å². The van der Waals surface area contributed by atoms with Crippen LogP contribution in [0.5, 0.6) is 0 Å². The van der Waals surface area contributed by atoms with Gasteiger partial charge in [0.2, 0.25) is 5.82 Å². The molecule has 3 rings (SSSR count). The molecular weight excluding hydrogens is 328 g/mol. The predicted octanol–water partition coefficient (Wildman–Crippen LogP) is 3.28. The molecule has 26 heavy (non-hydrogen) atoms. The van der Waals surface area contributed by atoms with Crippen LogP contribution in [0.2, 0.25) is 0 Å². The molecule has 0 fully saturated rings. The molecule has 0 saturated heterocycles. The number of rotatable bonds is 5. The molecule has 0 saturated carbocycles. The number of fused-ring (bicyclic) bond motifs is 1. The Labute approximate surface area is 152 Å². The van der Waals surface area contributed by atoms with Gasteiger partial charge in [-0.15, -0.1) is 0 Å². The Morgan fingerprint density at radius 3 is 2.65 bits per heavy atom. The van der Waals surface area contributed by atoms with Crippen molar-refractivity contribution in [1.29, 1.82) is 0 Å². The number of aromatic nitrogens is 2. The van der Waals surface area contributed by atoms with Gasteiger partial charge in [0.05, 0.1) is 5.52 Å². The van der Waals surface area contributed by atoms with Gasteiger partial charge in [0, 0.05) is 18.4 Å². The van der Waals surface area contributed by atoms with E-state index in [-0.39, 0.29) is 23.3 Å². The van der Waals surface area contributed by atoms with Crippen molar-refractivity contribution in [2.24, 2.45) is 5.92 Å². The molecule has 3 aromatic rings. The van der Waals surface area contributed by atoms with Gasteiger partial charge < -0.3 is 10.6 Å². The molecule has 2 heterocycles. The highest BCUT2D eigenvalue weighted by molar-refractivity contribution is 6.06. The van der Waals surface area contributed by atoms with E-state index in [0.717, 1.165) is 5.56 Å². The van der Waals surface area contributed by atoms with E-state index in [1.807, 2.05) is 51.1 Å². The summed E-state index contributed by atoms with van der Waals surface area (Å²) >= 11 is 0. The van der Waals surface area contributed by atoms with Gasteiger partial charge in [-0.25, -0.2) is 4.98 Å². The lowest BCUT2D eigenvalue weighted by Gasteiger charge is -2.05. The molecule has 0 aliphatic rings. The van der Waals surface area contributed by atoms with Crippen LogP contribution in [0.1, 0.15) is 40.5 Å². The van der Waals surface area contributed by atoms with E-state index >= 15 is 0 Å². The molecule has 2 N–H and O–H groups in total. The summed E-state index contributed by atoms with van der Waals surface area (Å²) in [6.07, 6.45) is 1.73. The number of carbonyl (C=O) groups excluding carboxylic acids is 2. The highest BCUT2D eigenvalue weighted by atomic mass is 16.2. The van der Waals surface area contributed by atoms with Crippen molar-refractivity contribution in [3.05, 3.63) is 65.7 Å². The van der Waals surface area contributed by atoms with Crippen molar-refractivity contribution >= 4 is 23.0 Å². The Hall–Kier alpha value is -3.15. The first-order valence-electron chi connectivity index (χ1n) is 8.59. The molecule has 0 radical (unpaired) electrons. The molecule has 2 aromatic heterocycles. The van der Waals surface area contributed by atoms with Crippen LogP contribution in [0.25, 0.3) is 5.52 Å². The molecule has 0 atom stereocenters. The number of hydrogen-bond acceptors (Lipinski definition) is 3. The van der Waals surface area contributed by atoms with Crippen LogP contribution in [-0.2, 0) is 0 Å². The van der Waals surface area contributed by atoms with E-state index in [2.05, 4.69) is 15.6 Å². The number of nitrogens with one attached hydrogen (secondary N) is 2. The third kappa shape index (κ3) is 3.74. The molecule has 6 heteroatoms. The van der Waals surface area contributed by atoms with E-state index in [1.54, 1.807) is 22.7 Å². The van der Waals surface area contributed by atoms with Crippen LogP contribution in [0.15, 0.2) is 48.7 Å². The lowest BCUT2D eigenvalue weighted by Crippen LogP contribution is -2.27. The minimum atomic E-state index is -0.361. The number of benzene rings is 1. The summed E-state index contributed by atoms with van der Waals surface area (Å²) < 4.78 is 1.63. The monoisotopic (exact) mass is 350 g/mol. The lowest BCUT2D eigenvalue weighted by atomic mass is 10.2. The van der Waals surface area contributed by atoms with Crippen molar-refractivity contribution in [1.82, 2.24) is 14.7 Å². The molecule has 0 unspecified atom stereocenters. The topological polar surface area (TPSA) is 75.5 Å². The van der Waals surface area contributed by atoms with Gasteiger partial charge in [0.25, 0.3) is 11.8 Å². The van der Waals surface area contributed by atoms with Gasteiger partial charge in [-0.05, 0) is 42.7 Å². The lowest BCUT2D eigenvalue weighted by molar-refractivity contribution is 0.0946. The smallest absolute Gasteiger partial charge is 0.292 e. The van der Waals surface area contributed by atoms with Crippen molar-refractivity contribution in [3.8, 4) is 0 Å². The third-order valence-electron chi connectivity index (χ3n) is 3.91. The normalized spacial score (nSPS) is 10.9. The SMILES string of the molecule is Cc1cccc(NC(=O)c2nc(C(=O)NCC(C)C)c3ccccn23)c1. The average molecular weight is 350 g/mol. The number of aryl methyl sites for hydroxylation is 1. The van der Waals surface area contributed by atoms with Crippen molar-refractivity contribution in [2.75, 3.05) is 11.9 Å². The Morgan fingerprint density at radius 1 is 1.12 bits per heavy atom. The minimum absolute atomic E-state index is 0.178. The second-order valence-corrected chi connectivity index (χ2v) is 6.67. The zero-order valence-electron chi connectivity index (χ0n) is 15.1. The zero-order chi connectivity index (χ0) is 18.7. The van der Waals surface area contributed by atoms with Crippen LogP contribution < -0.4 is 10.6 Å². The van der Waals surface area contributed by atoms with Crippen LogP contribution in [-0.4, -0.2) is 27.7 Å². The Bertz CT molecular complexity index is 959. The number of carbonyl (C=O) groups is 2. The molecule has 0 aliphatic carbocycles. The number of anilines is 1. The van der Waals surface area contributed by atoms with E-state index in [9.17, 15) is 9.59 Å². The molecule has 134 valence electrons. The fourth-order valence-corrected chi connectivity index (χ4v) is 2.66. The van der Waals surface area contributed by atoms with E-state index in [4.69, 9.17) is 0 Å². The fourth-order valence-electron chi connectivity index (χ4n) is 2.66. The molecule has 0 bridgehead atoms. The van der Waals surface area contributed by atoms with Gasteiger partial charge in [0.15, 0.2) is 5.69 Å². The van der Waals surface area contributed by atoms with Crippen molar-refractivity contribution < 1.29 is 9.59 Å². The van der Waals surface area contributed by atoms with Crippen molar-refractivity contribution in [3.63, 3.8) is 0 Å². The standard InChI is InChI=1S/C20H22N4O2/c1-13(2)12-21-19(25)17-16-9-4-5-10-24(16)18(23-17)20(26)22-15-8-6-7-14(3)11-15/h4-11,13H,12H2,1-3H3,(H,21,25)(H,22,26). The average Bonchev–Trinajstić information content (AvgIpc) is 2.99. The first-order chi connectivity index (χ1) is 12.5. The Balaban J connectivity index is 1.93. The second-order valence-electron chi connectivity index (χ2n) is 6.67. The van der Waals surface area contributed by atoms with Crippen LogP contribution in [0.3, 0.4) is 0 Å².